The summed E-state index contributed by atoms with van der Waals surface area (Å²) < 4.78 is 5.57. The number of nitrogens with one attached hydrogen (secondary N) is 1. The average Bonchev–Trinajstić information content (AvgIpc) is 2.68. The van der Waals surface area contributed by atoms with Crippen LogP contribution in [0.25, 0.3) is 0 Å². The van der Waals surface area contributed by atoms with Gasteiger partial charge in [0, 0.05) is 0 Å². The van der Waals surface area contributed by atoms with E-state index in [1.807, 2.05) is 7.05 Å². The number of rotatable bonds is 7. The molecule has 6 nitrogen and oxygen atoms in total. The van der Waals surface area contributed by atoms with E-state index in [0.29, 0.717) is 17.9 Å². The zero-order chi connectivity index (χ0) is 14.4. The second-order valence-electron chi connectivity index (χ2n) is 5.05. The first-order chi connectivity index (χ1) is 8.93. The molecule has 3 N–H and O–H groups in total. The average molecular weight is 268 g/mol. The van der Waals surface area contributed by atoms with Gasteiger partial charge in [0.1, 0.15) is 11.5 Å². The highest BCUT2D eigenvalue weighted by atomic mass is 16.3. The lowest BCUT2D eigenvalue weighted by Crippen LogP contribution is -2.30. The third-order valence-electron chi connectivity index (χ3n) is 2.92. The van der Waals surface area contributed by atoms with E-state index in [4.69, 9.17) is 10.3 Å². The van der Waals surface area contributed by atoms with Crippen molar-refractivity contribution in [2.75, 3.05) is 34.2 Å². The molecule has 1 aromatic heterocycles. The van der Waals surface area contributed by atoms with Gasteiger partial charge in [0.2, 0.25) is 0 Å². The number of hydrogen-bond donors (Lipinski definition) is 2. The predicted octanol–water partition coefficient (Wildman–Crippen LogP) is 0.575. The molecule has 0 spiro atoms. The van der Waals surface area contributed by atoms with Crippen LogP contribution >= 0.6 is 0 Å². The maximum Gasteiger partial charge on any atom is 0.268 e. The van der Waals surface area contributed by atoms with Crippen LogP contribution in [-0.2, 0) is 6.54 Å². The number of hydrazine groups is 1. The summed E-state index contributed by atoms with van der Waals surface area (Å²) in [4.78, 5) is 15.8. The lowest BCUT2D eigenvalue weighted by atomic mass is 10.2. The van der Waals surface area contributed by atoms with Gasteiger partial charge in [-0.05, 0) is 53.6 Å². The van der Waals surface area contributed by atoms with Crippen molar-refractivity contribution >= 4 is 5.91 Å². The Labute approximate surface area is 114 Å². The Morgan fingerprint density at radius 2 is 2.05 bits per heavy atom. The number of nitrogen functional groups attached to an aromatic ring is 1. The summed E-state index contributed by atoms with van der Waals surface area (Å²) in [7, 11) is 6.16. The molecule has 0 aromatic carbocycles. The third kappa shape index (κ3) is 5.02. The van der Waals surface area contributed by atoms with Crippen LogP contribution in [0.4, 0.5) is 0 Å². The Morgan fingerprint density at radius 3 is 2.63 bits per heavy atom. The van der Waals surface area contributed by atoms with Crippen LogP contribution in [0, 0.1) is 6.92 Å². The zero-order valence-corrected chi connectivity index (χ0v) is 12.2. The molecule has 0 aliphatic rings. The molecule has 0 atom stereocenters. The smallest absolute Gasteiger partial charge is 0.268 e. The molecule has 0 fully saturated rings. The number of carbonyl (C=O) groups is 1. The van der Waals surface area contributed by atoms with Gasteiger partial charge in [-0.3, -0.25) is 15.1 Å². The monoisotopic (exact) mass is 268 g/mol. The summed E-state index contributed by atoms with van der Waals surface area (Å²) in [5.41, 5.74) is 2.62. The van der Waals surface area contributed by atoms with Crippen molar-refractivity contribution in [3.05, 3.63) is 23.2 Å². The third-order valence-corrected chi connectivity index (χ3v) is 2.92. The molecular weight excluding hydrogens is 244 g/mol. The summed E-state index contributed by atoms with van der Waals surface area (Å²) in [5.74, 6) is 6.18. The van der Waals surface area contributed by atoms with Crippen molar-refractivity contribution in [1.82, 2.24) is 15.2 Å². The molecule has 108 valence electrons. The number of amides is 1. The van der Waals surface area contributed by atoms with Crippen LogP contribution in [0.1, 0.15) is 28.3 Å². The quantitative estimate of drug-likeness (QED) is 0.430. The second-order valence-corrected chi connectivity index (χ2v) is 5.05. The van der Waals surface area contributed by atoms with Crippen LogP contribution in [-0.4, -0.2) is 49.9 Å². The first-order valence-electron chi connectivity index (χ1n) is 6.37. The van der Waals surface area contributed by atoms with Crippen molar-refractivity contribution in [2.24, 2.45) is 5.84 Å². The standard InChI is InChI=1S/C13H24N4O2/c1-10-12(13(18)15-14)8-11(19-10)9-17(4)7-5-6-16(2)3/h8H,5-7,9,14H2,1-4H3,(H,15,18). The summed E-state index contributed by atoms with van der Waals surface area (Å²) in [6.07, 6.45) is 1.10. The van der Waals surface area contributed by atoms with Gasteiger partial charge in [-0.25, -0.2) is 5.84 Å². The van der Waals surface area contributed by atoms with Gasteiger partial charge in [0.25, 0.3) is 5.91 Å². The van der Waals surface area contributed by atoms with E-state index in [-0.39, 0.29) is 5.91 Å². The number of carbonyl (C=O) groups excluding carboxylic acids is 1. The van der Waals surface area contributed by atoms with E-state index in [0.717, 1.165) is 25.3 Å². The SMILES string of the molecule is Cc1oc(CN(C)CCCN(C)C)cc1C(=O)NN. The summed E-state index contributed by atoms with van der Waals surface area (Å²) in [5, 5.41) is 0. The van der Waals surface area contributed by atoms with Crippen molar-refractivity contribution in [3.63, 3.8) is 0 Å². The molecule has 1 rings (SSSR count). The van der Waals surface area contributed by atoms with Gasteiger partial charge in [0.15, 0.2) is 0 Å². The maximum absolute atomic E-state index is 11.5. The summed E-state index contributed by atoms with van der Waals surface area (Å²) in [6, 6.07) is 1.75. The first-order valence-corrected chi connectivity index (χ1v) is 6.37. The molecule has 0 saturated heterocycles. The Bertz CT molecular complexity index is 415. The van der Waals surface area contributed by atoms with Crippen LogP contribution in [0.2, 0.25) is 0 Å². The lowest BCUT2D eigenvalue weighted by Gasteiger charge is -2.16. The second kappa shape index (κ2) is 7.28. The lowest BCUT2D eigenvalue weighted by molar-refractivity contribution is 0.0952. The molecule has 0 radical (unpaired) electrons. The minimum atomic E-state index is -0.317. The molecule has 1 aromatic rings. The maximum atomic E-state index is 11.5. The Kier molecular flexibility index (Phi) is 6.01. The Hall–Kier alpha value is -1.37. The van der Waals surface area contributed by atoms with E-state index in [1.165, 1.54) is 0 Å². The van der Waals surface area contributed by atoms with Gasteiger partial charge < -0.3 is 9.32 Å². The molecule has 0 aliphatic heterocycles. The van der Waals surface area contributed by atoms with E-state index < -0.39 is 0 Å². The first kappa shape index (κ1) is 15.7. The molecule has 1 amide bonds. The van der Waals surface area contributed by atoms with E-state index in [1.54, 1.807) is 13.0 Å². The Balaban J connectivity index is 2.50. The van der Waals surface area contributed by atoms with Crippen LogP contribution in [0.5, 0.6) is 0 Å². The van der Waals surface area contributed by atoms with Gasteiger partial charge in [0.05, 0.1) is 12.1 Å². The summed E-state index contributed by atoms with van der Waals surface area (Å²) in [6.45, 7) is 4.49. The van der Waals surface area contributed by atoms with E-state index in [2.05, 4.69) is 29.3 Å². The zero-order valence-electron chi connectivity index (χ0n) is 12.2. The van der Waals surface area contributed by atoms with Crippen molar-refractivity contribution in [2.45, 2.75) is 19.9 Å². The molecule has 0 unspecified atom stereocenters. The number of furan rings is 1. The normalized spacial score (nSPS) is 11.3. The fourth-order valence-electron chi connectivity index (χ4n) is 1.93. The van der Waals surface area contributed by atoms with Crippen molar-refractivity contribution in [1.29, 1.82) is 0 Å². The Morgan fingerprint density at radius 1 is 1.37 bits per heavy atom. The van der Waals surface area contributed by atoms with E-state index >= 15 is 0 Å². The minimum Gasteiger partial charge on any atom is -0.464 e. The number of hydrogen-bond acceptors (Lipinski definition) is 5. The fraction of sp³-hybridized carbons (Fsp3) is 0.615. The molecule has 6 heteroatoms. The van der Waals surface area contributed by atoms with Crippen LogP contribution in [0.15, 0.2) is 10.5 Å². The van der Waals surface area contributed by atoms with Gasteiger partial charge in [-0.15, -0.1) is 0 Å². The molecule has 0 aliphatic carbocycles. The minimum absolute atomic E-state index is 0.317. The number of nitrogens with zero attached hydrogens (tertiary/aromatic N) is 2. The molecule has 1 heterocycles. The van der Waals surface area contributed by atoms with Gasteiger partial charge >= 0.3 is 0 Å². The van der Waals surface area contributed by atoms with Crippen molar-refractivity contribution in [3.8, 4) is 0 Å². The largest absolute Gasteiger partial charge is 0.464 e. The van der Waals surface area contributed by atoms with Crippen molar-refractivity contribution < 1.29 is 9.21 Å². The van der Waals surface area contributed by atoms with E-state index in [9.17, 15) is 4.79 Å². The predicted molar refractivity (Wildman–Crippen MR) is 74.6 cm³/mol. The highest BCUT2D eigenvalue weighted by Crippen LogP contribution is 2.15. The fourth-order valence-corrected chi connectivity index (χ4v) is 1.93. The summed E-state index contributed by atoms with van der Waals surface area (Å²) >= 11 is 0. The molecule has 0 saturated carbocycles. The van der Waals surface area contributed by atoms with Crippen LogP contribution < -0.4 is 11.3 Å². The number of nitrogens with two attached hydrogens (primary N) is 1. The number of aryl methyl sites for hydroxylation is 1. The topological polar surface area (TPSA) is 74.7 Å². The molecular formula is C13H24N4O2. The molecule has 19 heavy (non-hydrogen) atoms. The highest BCUT2D eigenvalue weighted by molar-refractivity contribution is 5.94. The van der Waals surface area contributed by atoms with Gasteiger partial charge in [-0.2, -0.15) is 0 Å². The highest BCUT2D eigenvalue weighted by Gasteiger charge is 2.14. The van der Waals surface area contributed by atoms with Crippen LogP contribution in [0.3, 0.4) is 0 Å². The van der Waals surface area contributed by atoms with Gasteiger partial charge in [-0.1, -0.05) is 0 Å². The molecule has 0 bridgehead atoms.